The number of anilines is 2. The third-order valence-electron chi connectivity index (χ3n) is 9.35. The minimum absolute atomic E-state index is 1.07. The second-order valence-electron chi connectivity index (χ2n) is 12.3. The molecule has 9 aromatic rings. The predicted octanol–water partition coefficient (Wildman–Crippen LogP) is 12.7. The number of para-hydroxylation sites is 2. The van der Waals surface area contributed by atoms with Gasteiger partial charge in [0.25, 0.3) is 0 Å². The first-order valence-electron chi connectivity index (χ1n) is 16.4. The van der Waals surface area contributed by atoms with Crippen molar-refractivity contribution in [2.24, 2.45) is 0 Å². The quantitative estimate of drug-likeness (QED) is 0.198. The fraction of sp³-hybridized carbons (Fsp3) is 0. The average Bonchev–Trinajstić information content (AvgIpc) is 3.49. The van der Waals surface area contributed by atoms with Gasteiger partial charge in [-0.15, -0.1) is 0 Å². The lowest BCUT2D eigenvalue weighted by molar-refractivity contribution is 1.19. The Morgan fingerprint density at radius 1 is 0.354 bits per heavy atom. The molecule has 1 N–H and O–H groups in total. The van der Waals surface area contributed by atoms with Crippen LogP contribution in [0.3, 0.4) is 0 Å². The summed E-state index contributed by atoms with van der Waals surface area (Å²) < 4.78 is 2.41. The van der Waals surface area contributed by atoms with Crippen LogP contribution in [0.4, 0.5) is 11.4 Å². The van der Waals surface area contributed by atoms with Gasteiger partial charge >= 0.3 is 0 Å². The SMILES string of the molecule is c1ccc(Nc2ccc(-c3ccc4c(c3)c3ccccc3n4-c3ccc4ccc(-c5ccccc5)cc4c3)cc2-c2ccccc2)cc1. The maximum atomic E-state index is 3.65. The minimum Gasteiger partial charge on any atom is -0.355 e. The van der Waals surface area contributed by atoms with Gasteiger partial charge in [-0.3, -0.25) is 0 Å². The molecule has 2 nitrogen and oxygen atoms in total. The van der Waals surface area contributed by atoms with E-state index >= 15 is 0 Å². The Morgan fingerprint density at radius 3 is 1.77 bits per heavy atom. The van der Waals surface area contributed by atoms with Crippen LogP contribution in [0.2, 0.25) is 0 Å². The summed E-state index contributed by atoms with van der Waals surface area (Å²) in [5, 5.41) is 8.61. The van der Waals surface area contributed by atoms with E-state index in [-0.39, 0.29) is 0 Å². The lowest BCUT2D eigenvalue weighted by atomic mass is 9.96. The van der Waals surface area contributed by atoms with Gasteiger partial charge in [0.15, 0.2) is 0 Å². The molecule has 0 saturated carbocycles. The van der Waals surface area contributed by atoms with Gasteiger partial charge in [-0.05, 0) is 99.3 Å². The van der Waals surface area contributed by atoms with Gasteiger partial charge in [-0.2, -0.15) is 0 Å². The van der Waals surface area contributed by atoms with Crippen LogP contribution in [0.5, 0.6) is 0 Å². The van der Waals surface area contributed by atoms with Gasteiger partial charge in [0.05, 0.1) is 11.0 Å². The maximum absolute atomic E-state index is 3.65. The normalized spacial score (nSPS) is 11.3. The van der Waals surface area contributed by atoms with Crippen LogP contribution >= 0.6 is 0 Å². The molecule has 0 aliphatic heterocycles. The first-order valence-corrected chi connectivity index (χ1v) is 16.4. The molecule has 1 heterocycles. The molecule has 8 aromatic carbocycles. The fourth-order valence-electron chi connectivity index (χ4n) is 6.98. The molecule has 0 radical (unpaired) electrons. The van der Waals surface area contributed by atoms with E-state index in [9.17, 15) is 0 Å². The Labute approximate surface area is 280 Å². The van der Waals surface area contributed by atoms with Crippen LogP contribution in [0.1, 0.15) is 0 Å². The number of nitrogens with one attached hydrogen (secondary N) is 1. The van der Waals surface area contributed by atoms with Crippen molar-refractivity contribution in [1.82, 2.24) is 4.57 Å². The van der Waals surface area contributed by atoms with Crippen LogP contribution in [0.25, 0.3) is 71.6 Å². The molecule has 0 bridgehead atoms. The topological polar surface area (TPSA) is 17.0 Å². The van der Waals surface area contributed by atoms with E-state index < -0.39 is 0 Å². The first kappa shape index (κ1) is 27.9. The lowest BCUT2D eigenvalue weighted by Crippen LogP contribution is -1.95. The summed E-state index contributed by atoms with van der Waals surface area (Å²) >= 11 is 0. The summed E-state index contributed by atoms with van der Waals surface area (Å²) in [7, 11) is 0. The monoisotopic (exact) mass is 612 g/mol. The molecule has 0 aliphatic rings. The zero-order valence-corrected chi connectivity index (χ0v) is 26.3. The van der Waals surface area contributed by atoms with Crippen molar-refractivity contribution in [3.8, 4) is 39.1 Å². The molecule has 0 amide bonds. The largest absolute Gasteiger partial charge is 0.355 e. The second kappa shape index (κ2) is 11.8. The van der Waals surface area contributed by atoms with Crippen LogP contribution in [0, 0.1) is 0 Å². The molecular weight excluding hydrogens is 581 g/mol. The Kier molecular flexibility index (Phi) is 6.84. The molecular formula is C46H32N2. The third-order valence-corrected chi connectivity index (χ3v) is 9.35. The van der Waals surface area contributed by atoms with E-state index in [0.29, 0.717) is 0 Å². The summed E-state index contributed by atoms with van der Waals surface area (Å²) in [5.74, 6) is 0. The van der Waals surface area contributed by atoms with Crippen molar-refractivity contribution in [3.63, 3.8) is 0 Å². The second-order valence-corrected chi connectivity index (χ2v) is 12.3. The molecule has 1 aromatic heterocycles. The number of hydrogen-bond acceptors (Lipinski definition) is 1. The Hall–Kier alpha value is -6.38. The fourth-order valence-corrected chi connectivity index (χ4v) is 6.98. The van der Waals surface area contributed by atoms with Crippen LogP contribution < -0.4 is 5.32 Å². The zero-order valence-electron chi connectivity index (χ0n) is 26.3. The lowest BCUT2D eigenvalue weighted by Gasteiger charge is -2.15. The highest BCUT2D eigenvalue weighted by atomic mass is 15.0. The molecule has 0 saturated heterocycles. The highest BCUT2D eigenvalue weighted by Gasteiger charge is 2.15. The Morgan fingerprint density at radius 2 is 0.958 bits per heavy atom. The summed E-state index contributed by atoms with van der Waals surface area (Å²) in [5.41, 5.74) is 12.9. The Balaban J connectivity index is 1.17. The van der Waals surface area contributed by atoms with Gasteiger partial charge in [0.2, 0.25) is 0 Å². The van der Waals surface area contributed by atoms with E-state index in [1.807, 2.05) is 6.07 Å². The average molecular weight is 613 g/mol. The minimum atomic E-state index is 1.07. The molecule has 0 fully saturated rings. The maximum Gasteiger partial charge on any atom is 0.0541 e. The van der Waals surface area contributed by atoms with E-state index in [1.54, 1.807) is 0 Å². The molecule has 0 unspecified atom stereocenters. The van der Waals surface area contributed by atoms with Crippen molar-refractivity contribution in [3.05, 3.63) is 188 Å². The molecule has 226 valence electrons. The summed E-state index contributed by atoms with van der Waals surface area (Å²) in [4.78, 5) is 0. The summed E-state index contributed by atoms with van der Waals surface area (Å²) in [6.45, 7) is 0. The zero-order chi connectivity index (χ0) is 31.9. The van der Waals surface area contributed by atoms with Gasteiger partial charge in [-0.25, -0.2) is 0 Å². The van der Waals surface area contributed by atoms with Gasteiger partial charge < -0.3 is 9.88 Å². The standard InChI is InChI=1S/C46H32N2/c1-4-12-32(13-5-1)35-21-20-33-22-25-40(29-38(33)28-35)48-45-19-11-10-18-41(45)43-31-37(24-27-46(43)48)36-23-26-44(47-39-16-8-3-9-17-39)42(30-36)34-14-6-2-7-15-34/h1-31,47H. The van der Waals surface area contributed by atoms with Crippen molar-refractivity contribution >= 4 is 44.0 Å². The van der Waals surface area contributed by atoms with Crippen molar-refractivity contribution in [2.45, 2.75) is 0 Å². The van der Waals surface area contributed by atoms with Crippen molar-refractivity contribution in [1.29, 1.82) is 0 Å². The number of aromatic nitrogens is 1. The van der Waals surface area contributed by atoms with Gasteiger partial charge in [-0.1, -0.05) is 127 Å². The van der Waals surface area contributed by atoms with Crippen LogP contribution in [-0.2, 0) is 0 Å². The molecule has 2 heteroatoms. The number of benzene rings is 8. The van der Waals surface area contributed by atoms with Crippen molar-refractivity contribution in [2.75, 3.05) is 5.32 Å². The molecule has 0 spiro atoms. The van der Waals surface area contributed by atoms with E-state index in [1.165, 1.54) is 66.0 Å². The van der Waals surface area contributed by atoms with E-state index in [4.69, 9.17) is 0 Å². The molecule has 0 aliphatic carbocycles. The van der Waals surface area contributed by atoms with Gasteiger partial charge in [0.1, 0.15) is 0 Å². The third kappa shape index (κ3) is 5.01. The predicted molar refractivity (Wildman–Crippen MR) is 204 cm³/mol. The van der Waals surface area contributed by atoms with Crippen LogP contribution in [0.15, 0.2) is 188 Å². The van der Waals surface area contributed by atoms with Gasteiger partial charge in [0, 0.05) is 33.4 Å². The Bertz CT molecular complexity index is 2560. The smallest absolute Gasteiger partial charge is 0.0541 e. The number of fused-ring (bicyclic) bond motifs is 4. The molecule has 0 atom stereocenters. The van der Waals surface area contributed by atoms with Crippen LogP contribution in [-0.4, -0.2) is 4.57 Å². The molecule has 48 heavy (non-hydrogen) atoms. The highest BCUT2D eigenvalue weighted by Crippen LogP contribution is 2.39. The summed E-state index contributed by atoms with van der Waals surface area (Å²) in [6.07, 6.45) is 0. The molecule has 9 rings (SSSR count). The summed E-state index contributed by atoms with van der Waals surface area (Å²) in [6, 6.07) is 67.6. The van der Waals surface area contributed by atoms with Crippen molar-refractivity contribution < 1.29 is 0 Å². The number of hydrogen-bond donors (Lipinski definition) is 1. The number of nitrogens with zero attached hydrogens (tertiary/aromatic N) is 1. The van der Waals surface area contributed by atoms with E-state index in [0.717, 1.165) is 17.1 Å². The number of rotatable bonds is 6. The van der Waals surface area contributed by atoms with E-state index in [2.05, 4.69) is 192 Å². The first-order chi connectivity index (χ1) is 23.8. The highest BCUT2D eigenvalue weighted by molar-refractivity contribution is 6.11.